The number of nitrogens with zero attached hydrogens (tertiary/aromatic N) is 4. The summed E-state index contributed by atoms with van der Waals surface area (Å²) >= 11 is 0. The number of ether oxygens (including phenoxy) is 1. The first-order chi connectivity index (χ1) is 13.3. The minimum Gasteiger partial charge on any atom is -0.444 e. The topological polar surface area (TPSA) is 87.7 Å². The largest absolute Gasteiger partial charge is 0.444 e. The molecule has 0 radical (unpaired) electrons. The summed E-state index contributed by atoms with van der Waals surface area (Å²) in [4.78, 5) is 37.4. The quantitative estimate of drug-likeness (QED) is 0.855. The number of nitrogens with one attached hydrogen (secondary N) is 1. The number of aromatic nitrogens is 2. The summed E-state index contributed by atoms with van der Waals surface area (Å²) in [6.45, 7) is 7.86. The molecule has 8 heteroatoms. The van der Waals surface area contributed by atoms with E-state index in [1.807, 2.05) is 20.8 Å². The number of carbonyl (C=O) groups is 2. The molecular formula is C20H29N5O3. The molecule has 1 aliphatic carbocycles. The summed E-state index contributed by atoms with van der Waals surface area (Å²) in [7, 11) is 0. The van der Waals surface area contributed by atoms with Crippen LogP contribution in [0.3, 0.4) is 0 Å². The SMILES string of the molecule is CC(C)(C)OC(=O)N1CC2CCN(c3cncc(NC(=O)CC4CC4)n3)C2C1. The van der Waals surface area contributed by atoms with Gasteiger partial charge in [-0.2, -0.15) is 0 Å². The van der Waals surface area contributed by atoms with Crippen molar-refractivity contribution < 1.29 is 14.3 Å². The van der Waals surface area contributed by atoms with Crippen molar-refractivity contribution >= 4 is 23.6 Å². The lowest BCUT2D eigenvalue weighted by Gasteiger charge is -2.27. The first kappa shape index (κ1) is 19.0. The summed E-state index contributed by atoms with van der Waals surface area (Å²) in [6, 6.07) is 0.208. The van der Waals surface area contributed by atoms with E-state index in [1.54, 1.807) is 17.3 Å². The van der Waals surface area contributed by atoms with Gasteiger partial charge in [0.1, 0.15) is 11.4 Å². The third-order valence-electron chi connectivity index (χ3n) is 5.55. The maximum atomic E-state index is 12.4. The fraction of sp³-hybridized carbons (Fsp3) is 0.700. The van der Waals surface area contributed by atoms with Crippen molar-refractivity contribution in [2.24, 2.45) is 11.8 Å². The predicted molar refractivity (Wildman–Crippen MR) is 105 cm³/mol. The lowest BCUT2D eigenvalue weighted by Crippen LogP contribution is -2.39. The van der Waals surface area contributed by atoms with Gasteiger partial charge in [0, 0.05) is 32.0 Å². The Labute approximate surface area is 165 Å². The van der Waals surface area contributed by atoms with Crippen molar-refractivity contribution in [2.75, 3.05) is 29.9 Å². The summed E-state index contributed by atoms with van der Waals surface area (Å²) in [5.74, 6) is 2.19. The number of anilines is 2. The Bertz CT molecular complexity index is 758. The second kappa shape index (κ2) is 7.22. The summed E-state index contributed by atoms with van der Waals surface area (Å²) in [5.41, 5.74) is -0.493. The van der Waals surface area contributed by atoms with Crippen LogP contribution in [-0.4, -0.2) is 58.1 Å². The van der Waals surface area contributed by atoms with Gasteiger partial charge in [-0.05, 0) is 46.0 Å². The van der Waals surface area contributed by atoms with E-state index in [1.165, 1.54) is 0 Å². The highest BCUT2D eigenvalue weighted by Gasteiger charge is 2.44. The van der Waals surface area contributed by atoms with Crippen LogP contribution >= 0.6 is 0 Å². The lowest BCUT2D eigenvalue weighted by atomic mass is 10.1. The van der Waals surface area contributed by atoms with E-state index in [-0.39, 0.29) is 18.0 Å². The van der Waals surface area contributed by atoms with Crippen molar-refractivity contribution in [3.05, 3.63) is 12.4 Å². The minimum absolute atomic E-state index is 0.00483. The highest BCUT2D eigenvalue weighted by atomic mass is 16.6. The van der Waals surface area contributed by atoms with Crippen LogP contribution < -0.4 is 10.2 Å². The third-order valence-corrected chi connectivity index (χ3v) is 5.55. The Morgan fingerprint density at radius 2 is 2.00 bits per heavy atom. The van der Waals surface area contributed by atoms with E-state index in [9.17, 15) is 9.59 Å². The van der Waals surface area contributed by atoms with Crippen molar-refractivity contribution in [3.63, 3.8) is 0 Å². The monoisotopic (exact) mass is 387 g/mol. The molecule has 2 atom stereocenters. The van der Waals surface area contributed by atoms with Crippen molar-refractivity contribution in [1.29, 1.82) is 0 Å². The zero-order chi connectivity index (χ0) is 19.9. The van der Waals surface area contributed by atoms with Gasteiger partial charge in [-0.3, -0.25) is 9.78 Å². The summed E-state index contributed by atoms with van der Waals surface area (Å²) in [5, 5.41) is 2.87. The van der Waals surface area contributed by atoms with E-state index >= 15 is 0 Å². The van der Waals surface area contributed by atoms with Gasteiger partial charge in [0.2, 0.25) is 5.91 Å². The maximum Gasteiger partial charge on any atom is 0.410 e. The molecular weight excluding hydrogens is 358 g/mol. The molecule has 8 nitrogen and oxygen atoms in total. The lowest BCUT2D eigenvalue weighted by molar-refractivity contribution is -0.116. The van der Waals surface area contributed by atoms with Crippen molar-refractivity contribution in [3.8, 4) is 0 Å². The zero-order valence-electron chi connectivity index (χ0n) is 16.9. The number of fused-ring (bicyclic) bond motifs is 1. The fourth-order valence-electron chi connectivity index (χ4n) is 4.05. The number of rotatable bonds is 4. The van der Waals surface area contributed by atoms with Crippen LogP contribution in [0.4, 0.5) is 16.4 Å². The molecule has 28 heavy (non-hydrogen) atoms. The molecule has 3 aliphatic rings. The molecule has 1 aromatic rings. The molecule has 1 aromatic heterocycles. The van der Waals surface area contributed by atoms with Gasteiger partial charge >= 0.3 is 6.09 Å². The van der Waals surface area contributed by atoms with Gasteiger partial charge in [0.15, 0.2) is 5.82 Å². The maximum absolute atomic E-state index is 12.4. The van der Waals surface area contributed by atoms with Gasteiger partial charge in [0.25, 0.3) is 0 Å². The van der Waals surface area contributed by atoms with Crippen LogP contribution in [0, 0.1) is 11.8 Å². The van der Waals surface area contributed by atoms with Crippen LogP contribution in [0.15, 0.2) is 12.4 Å². The highest BCUT2D eigenvalue weighted by Crippen LogP contribution is 2.35. The predicted octanol–water partition coefficient (Wildman–Crippen LogP) is 2.66. The molecule has 0 aromatic carbocycles. The Hall–Kier alpha value is -2.38. The number of hydrogen-bond donors (Lipinski definition) is 1. The molecule has 2 amide bonds. The fourth-order valence-corrected chi connectivity index (χ4v) is 4.05. The second-order valence-electron chi connectivity index (χ2n) is 9.15. The number of carbonyl (C=O) groups excluding carboxylic acids is 2. The van der Waals surface area contributed by atoms with E-state index < -0.39 is 5.60 Å². The van der Waals surface area contributed by atoms with Crippen LogP contribution in [0.2, 0.25) is 0 Å². The molecule has 3 fully saturated rings. The Morgan fingerprint density at radius 3 is 2.71 bits per heavy atom. The summed E-state index contributed by atoms with van der Waals surface area (Å²) in [6.07, 6.45) is 6.91. The van der Waals surface area contributed by atoms with Gasteiger partial charge in [-0.25, -0.2) is 9.78 Å². The average Bonchev–Trinajstić information content (AvgIpc) is 3.16. The Balaban J connectivity index is 1.40. The first-order valence-electron chi connectivity index (χ1n) is 10.1. The van der Waals surface area contributed by atoms with Crippen LogP contribution in [0.5, 0.6) is 0 Å². The van der Waals surface area contributed by atoms with Gasteiger partial charge in [-0.15, -0.1) is 0 Å². The highest BCUT2D eigenvalue weighted by molar-refractivity contribution is 5.90. The molecule has 1 saturated carbocycles. The van der Waals surface area contributed by atoms with E-state index in [0.29, 0.717) is 37.2 Å². The minimum atomic E-state index is -0.493. The first-order valence-corrected chi connectivity index (χ1v) is 10.1. The third kappa shape index (κ3) is 4.36. The standard InChI is InChI=1S/C20H29N5O3/c1-20(2,3)28-19(27)24-11-14-6-7-25(15(14)12-24)17-10-21-9-16(22-17)23-18(26)8-13-4-5-13/h9-10,13-15H,4-8,11-12H2,1-3H3,(H,22,23,26). The zero-order valence-corrected chi connectivity index (χ0v) is 16.9. The van der Waals surface area contributed by atoms with E-state index in [2.05, 4.69) is 20.2 Å². The molecule has 2 unspecified atom stereocenters. The van der Waals surface area contributed by atoms with Crippen molar-refractivity contribution in [1.82, 2.24) is 14.9 Å². The molecule has 1 N–H and O–H groups in total. The second-order valence-corrected chi connectivity index (χ2v) is 9.15. The summed E-state index contributed by atoms with van der Waals surface area (Å²) < 4.78 is 5.52. The van der Waals surface area contributed by atoms with Gasteiger partial charge in [0.05, 0.1) is 18.4 Å². The van der Waals surface area contributed by atoms with Gasteiger partial charge in [-0.1, -0.05) is 0 Å². The Morgan fingerprint density at radius 1 is 1.21 bits per heavy atom. The van der Waals surface area contributed by atoms with E-state index in [0.717, 1.165) is 31.6 Å². The molecule has 3 heterocycles. The number of likely N-dealkylation sites (tertiary alicyclic amines) is 1. The van der Waals surface area contributed by atoms with Crippen LogP contribution in [0.25, 0.3) is 0 Å². The molecule has 2 saturated heterocycles. The smallest absolute Gasteiger partial charge is 0.410 e. The normalized spacial score (nSPS) is 24.2. The van der Waals surface area contributed by atoms with Gasteiger partial charge < -0.3 is 19.9 Å². The van der Waals surface area contributed by atoms with E-state index in [4.69, 9.17) is 4.74 Å². The number of hydrogen-bond acceptors (Lipinski definition) is 6. The molecule has 0 spiro atoms. The van der Waals surface area contributed by atoms with Crippen LogP contribution in [-0.2, 0) is 9.53 Å². The average molecular weight is 387 g/mol. The Kier molecular flexibility index (Phi) is 4.89. The molecule has 2 aliphatic heterocycles. The molecule has 0 bridgehead atoms. The van der Waals surface area contributed by atoms with Crippen LogP contribution in [0.1, 0.15) is 46.5 Å². The van der Waals surface area contributed by atoms with Crippen molar-refractivity contribution in [2.45, 2.75) is 58.1 Å². The molecule has 4 rings (SSSR count). The molecule has 152 valence electrons. The number of amides is 2.